The maximum absolute atomic E-state index is 6.06. The highest BCUT2D eigenvalue weighted by Gasteiger charge is 2.23. The van der Waals surface area contributed by atoms with Crippen LogP contribution in [0.1, 0.15) is 12.0 Å². The molecule has 1 atom stereocenters. The smallest absolute Gasteiger partial charge is 0.0890 e. The highest BCUT2D eigenvalue weighted by Crippen LogP contribution is 2.21. The van der Waals surface area contributed by atoms with Crippen LogP contribution in [0.15, 0.2) is 54.3 Å². The Morgan fingerprint density at radius 2 is 2.12 bits per heavy atom. The van der Waals surface area contributed by atoms with Crippen LogP contribution in [0.4, 0.5) is 0 Å². The fourth-order valence-corrected chi connectivity index (χ4v) is 3.26. The minimum atomic E-state index is 0.279. The second kappa shape index (κ2) is 6.49. The number of nitrogens with two attached hydrogens (primary N) is 1. The number of benzene rings is 1. The third kappa shape index (κ3) is 3.05. The Balaban J connectivity index is 1.47. The van der Waals surface area contributed by atoms with Crippen LogP contribution in [-0.4, -0.2) is 40.5 Å². The number of aromatic nitrogens is 2. The molecule has 3 heterocycles. The Bertz CT molecular complexity index is 797. The number of nitrogens with zero attached hydrogens (tertiary/aromatic N) is 3. The van der Waals surface area contributed by atoms with Gasteiger partial charge < -0.3 is 21.3 Å². The first-order chi connectivity index (χ1) is 11.8. The van der Waals surface area contributed by atoms with E-state index in [9.17, 15) is 0 Å². The molecule has 2 aliphatic heterocycles. The number of rotatable bonds is 4. The molecule has 1 fully saturated rings. The fourth-order valence-electron chi connectivity index (χ4n) is 3.26. The van der Waals surface area contributed by atoms with Crippen molar-refractivity contribution in [2.75, 3.05) is 19.6 Å². The van der Waals surface area contributed by atoms with Crippen LogP contribution in [0.5, 0.6) is 0 Å². The Labute approximate surface area is 141 Å². The van der Waals surface area contributed by atoms with Crippen molar-refractivity contribution in [1.29, 1.82) is 0 Å². The van der Waals surface area contributed by atoms with Crippen molar-refractivity contribution in [3.63, 3.8) is 0 Å². The molecule has 1 unspecified atom stereocenters. The monoisotopic (exact) mass is 322 g/mol. The van der Waals surface area contributed by atoms with Gasteiger partial charge in [-0.15, -0.1) is 0 Å². The zero-order chi connectivity index (χ0) is 16.4. The van der Waals surface area contributed by atoms with Gasteiger partial charge in [-0.25, -0.2) is 0 Å². The molecule has 0 amide bonds. The van der Waals surface area contributed by atoms with E-state index in [4.69, 9.17) is 5.73 Å². The molecule has 0 spiro atoms. The SMILES string of the molecule is NC1CCN(C2=CCNC=C2NCc2ccc3nccnc3c2)C1. The summed E-state index contributed by atoms with van der Waals surface area (Å²) in [5.74, 6) is 0. The van der Waals surface area contributed by atoms with Gasteiger partial charge in [0.1, 0.15) is 0 Å². The number of likely N-dealkylation sites (tertiary alicyclic amines) is 1. The average Bonchev–Trinajstić information content (AvgIpc) is 3.06. The molecule has 0 saturated carbocycles. The summed E-state index contributed by atoms with van der Waals surface area (Å²) in [7, 11) is 0. The van der Waals surface area contributed by atoms with E-state index < -0.39 is 0 Å². The van der Waals surface area contributed by atoms with E-state index >= 15 is 0 Å². The zero-order valence-electron chi connectivity index (χ0n) is 13.6. The fraction of sp³-hybridized carbons (Fsp3) is 0.333. The van der Waals surface area contributed by atoms with Crippen molar-refractivity contribution in [3.8, 4) is 0 Å². The van der Waals surface area contributed by atoms with Gasteiger partial charge in [0, 0.05) is 50.8 Å². The predicted molar refractivity (Wildman–Crippen MR) is 94.7 cm³/mol. The van der Waals surface area contributed by atoms with Crippen molar-refractivity contribution in [1.82, 2.24) is 25.5 Å². The highest BCUT2D eigenvalue weighted by atomic mass is 15.2. The van der Waals surface area contributed by atoms with Crippen LogP contribution in [0.25, 0.3) is 11.0 Å². The van der Waals surface area contributed by atoms with E-state index in [-0.39, 0.29) is 6.04 Å². The number of fused-ring (bicyclic) bond motifs is 1. The predicted octanol–water partition coefficient (Wildman–Crippen LogP) is 1.08. The molecule has 124 valence electrons. The van der Waals surface area contributed by atoms with Crippen LogP contribution in [-0.2, 0) is 6.54 Å². The Kier molecular flexibility index (Phi) is 4.04. The lowest BCUT2D eigenvalue weighted by Crippen LogP contribution is -2.33. The summed E-state index contributed by atoms with van der Waals surface area (Å²) in [6.07, 6.45) is 8.79. The maximum Gasteiger partial charge on any atom is 0.0890 e. The van der Waals surface area contributed by atoms with Gasteiger partial charge in [0.05, 0.1) is 22.4 Å². The molecule has 1 saturated heterocycles. The minimum absolute atomic E-state index is 0.279. The van der Waals surface area contributed by atoms with Crippen LogP contribution in [0, 0.1) is 0 Å². The summed E-state index contributed by atoms with van der Waals surface area (Å²) < 4.78 is 0. The van der Waals surface area contributed by atoms with Gasteiger partial charge in [-0.05, 0) is 30.2 Å². The molecule has 1 aromatic carbocycles. The lowest BCUT2D eigenvalue weighted by molar-refractivity contribution is 0.415. The number of hydrogen-bond acceptors (Lipinski definition) is 6. The summed E-state index contributed by atoms with van der Waals surface area (Å²) in [5, 5.41) is 6.83. The summed E-state index contributed by atoms with van der Waals surface area (Å²) >= 11 is 0. The third-order valence-electron chi connectivity index (χ3n) is 4.52. The van der Waals surface area contributed by atoms with Gasteiger partial charge >= 0.3 is 0 Å². The molecule has 4 rings (SSSR count). The van der Waals surface area contributed by atoms with Gasteiger partial charge in [0.2, 0.25) is 0 Å². The van der Waals surface area contributed by atoms with Crippen LogP contribution in [0.2, 0.25) is 0 Å². The molecule has 6 heteroatoms. The van der Waals surface area contributed by atoms with Crippen molar-refractivity contribution in [2.24, 2.45) is 5.73 Å². The molecule has 2 aliphatic rings. The van der Waals surface area contributed by atoms with Crippen LogP contribution >= 0.6 is 0 Å². The molecule has 1 aromatic heterocycles. The highest BCUT2D eigenvalue weighted by molar-refractivity contribution is 5.74. The average molecular weight is 322 g/mol. The minimum Gasteiger partial charge on any atom is -0.386 e. The van der Waals surface area contributed by atoms with Crippen molar-refractivity contribution in [3.05, 3.63) is 59.8 Å². The second-order valence-corrected chi connectivity index (χ2v) is 6.28. The quantitative estimate of drug-likeness (QED) is 0.782. The topological polar surface area (TPSA) is 79.1 Å². The molecular formula is C18H22N6. The normalized spacial score (nSPS) is 20.5. The van der Waals surface area contributed by atoms with E-state index in [0.29, 0.717) is 0 Å². The number of dihydropyridines is 1. The third-order valence-corrected chi connectivity index (χ3v) is 4.52. The molecule has 2 aromatic rings. The van der Waals surface area contributed by atoms with Gasteiger partial charge in [0.25, 0.3) is 0 Å². The molecule has 0 aliphatic carbocycles. The lowest BCUT2D eigenvalue weighted by atomic mass is 10.1. The summed E-state index contributed by atoms with van der Waals surface area (Å²) in [6, 6.07) is 6.47. The molecule has 24 heavy (non-hydrogen) atoms. The standard InChI is InChI=1S/C18H22N6/c19-14-4-8-24(12-14)18-3-5-20-11-17(18)23-10-13-1-2-15-16(9-13)22-7-6-21-15/h1-3,6-7,9,11,14,20,23H,4-5,8,10,12,19H2. The first-order valence-electron chi connectivity index (χ1n) is 8.38. The van der Waals surface area contributed by atoms with Crippen LogP contribution < -0.4 is 16.4 Å². The molecule has 6 nitrogen and oxygen atoms in total. The number of hydrogen-bond donors (Lipinski definition) is 3. The van der Waals surface area contributed by atoms with Crippen molar-refractivity contribution in [2.45, 2.75) is 19.0 Å². The molecular weight excluding hydrogens is 300 g/mol. The van der Waals surface area contributed by atoms with Gasteiger partial charge in [0.15, 0.2) is 0 Å². The first-order valence-corrected chi connectivity index (χ1v) is 8.38. The van der Waals surface area contributed by atoms with E-state index in [0.717, 1.165) is 49.3 Å². The zero-order valence-corrected chi connectivity index (χ0v) is 13.6. The Morgan fingerprint density at radius 1 is 1.25 bits per heavy atom. The Hall–Kier alpha value is -2.60. The van der Waals surface area contributed by atoms with Crippen molar-refractivity contribution >= 4 is 11.0 Å². The van der Waals surface area contributed by atoms with E-state index in [2.05, 4.69) is 49.9 Å². The molecule has 0 radical (unpaired) electrons. The molecule has 0 bridgehead atoms. The van der Waals surface area contributed by atoms with Gasteiger partial charge in [-0.3, -0.25) is 9.97 Å². The summed E-state index contributed by atoms with van der Waals surface area (Å²) in [4.78, 5) is 11.1. The first kappa shape index (κ1) is 15.0. The summed E-state index contributed by atoms with van der Waals surface area (Å²) in [5.41, 5.74) is 11.5. The molecule has 4 N–H and O–H groups in total. The largest absolute Gasteiger partial charge is 0.386 e. The van der Waals surface area contributed by atoms with E-state index in [1.54, 1.807) is 12.4 Å². The number of nitrogens with one attached hydrogen (secondary N) is 2. The Morgan fingerprint density at radius 3 is 2.96 bits per heavy atom. The lowest BCUT2D eigenvalue weighted by Gasteiger charge is -2.27. The van der Waals surface area contributed by atoms with Crippen molar-refractivity contribution < 1.29 is 0 Å². The van der Waals surface area contributed by atoms with E-state index in [1.165, 1.54) is 11.3 Å². The van der Waals surface area contributed by atoms with Gasteiger partial charge in [-0.1, -0.05) is 6.07 Å². The summed E-state index contributed by atoms with van der Waals surface area (Å²) in [6.45, 7) is 3.56. The van der Waals surface area contributed by atoms with Crippen LogP contribution in [0.3, 0.4) is 0 Å². The maximum atomic E-state index is 6.06. The second-order valence-electron chi connectivity index (χ2n) is 6.28. The van der Waals surface area contributed by atoms with E-state index in [1.807, 2.05) is 6.07 Å². The van der Waals surface area contributed by atoms with Gasteiger partial charge in [-0.2, -0.15) is 0 Å².